The van der Waals surface area contributed by atoms with Crippen LogP contribution in [-0.2, 0) is 5.75 Å². The fourth-order valence-corrected chi connectivity index (χ4v) is 2.23. The van der Waals surface area contributed by atoms with E-state index in [-0.39, 0.29) is 0 Å². The molecule has 74 valence electrons. The fraction of sp³-hybridized carbons (Fsp3) is 0.333. The lowest BCUT2D eigenvalue weighted by Gasteiger charge is -1.88. The molecule has 0 atom stereocenters. The van der Waals surface area contributed by atoms with Gasteiger partial charge in [0.2, 0.25) is 0 Å². The molecule has 0 aromatic carbocycles. The van der Waals surface area contributed by atoms with Gasteiger partial charge in [0.25, 0.3) is 0 Å². The molecule has 2 aromatic rings. The molecule has 0 radical (unpaired) electrons. The average molecular weight is 226 g/mol. The van der Waals surface area contributed by atoms with Gasteiger partial charge in [0.15, 0.2) is 5.76 Å². The molecule has 2 rings (SSSR count). The summed E-state index contributed by atoms with van der Waals surface area (Å²) in [6.45, 7) is 4.01. The molecule has 3 nitrogen and oxygen atoms in total. The summed E-state index contributed by atoms with van der Waals surface area (Å²) in [7, 11) is 0. The molecule has 0 saturated carbocycles. The second-order valence-electron chi connectivity index (χ2n) is 2.98. The van der Waals surface area contributed by atoms with Crippen LogP contribution in [0.15, 0.2) is 10.6 Å². The Morgan fingerprint density at radius 3 is 2.79 bits per heavy atom. The third kappa shape index (κ3) is 1.69. The Labute approximate surface area is 91.6 Å². The minimum absolute atomic E-state index is 0.589. The molecule has 0 spiro atoms. The molecule has 0 N–H and O–H groups in total. The Morgan fingerprint density at radius 2 is 2.29 bits per heavy atom. The molecule has 2 heterocycles. The Hall–Kier alpha value is -0.810. The monoisotopic (exact) mass is 226 g/mol. The summed E-state index contributed by atoms with van der Waals surface area (Å²) in [5.74, 6) is 1.32. The molecule has 0 fully saturated rings. The van der Waals surface area contributed by atoms with Crippen LogP contribution < -0.4 is 0 Å². The van der Waals surface area contributed by atoms with E-state index in [0.717, 1.165) is 27.0 Å². The van der Waals surface area contributed by atoms with E-state index in [4.69, 9.17) is 4.52 Å². The SMILES string of the molecule is Cc1nc(-c2cc(CS)no2)c(C)s1. The van der Waals surface area contributed by atoms with Crippen molar-refractivity contribution >= 4 is 24.0 Å². The van der Waals surface area contributed by atoms with Gasteiger partial charge in [-0.25, -0.2) is 4.98 Å². The highest BCUT2D eigenvalue weighted by molar-refractivity contribution is 7.79. The lowest BCUT2D eigenvalue weighted by Crippen LogP contribution is -1.76. The topological polar surface area (TPSA) is 38.9 Å². The average Bonchev–Trinajstić information content (AvgIpc) is 2.71. The first-order chi connectivity index (χ1) is 6.70. The van der Waals surface area contributed by atoms with E-state index in [1.807, 2.05) is 19.9 Å². The minimum Gasteiger partial charge on any atom is -0.354 e. The highest BCUT2D eigenvalue weighted by Gasteiger charge is 2.12. The van der Waals surface area contributed by atoms with E-state index in [2.05, 4.69) is 22.8 Å². The molecular weight excluding hydrogens is 216 g/mol. The van der Waals surface area contributed by atoms with Gasteiger partial charge in [-0.05, 0) is 13.8 Å². The van der Waals surface area contributed by atoms with Gasteiger partial charge < -0.3 is 4.52 Å². The molecule has 0 unspecified atom stereocenters. The molecule has 14 heavy (non-hydrogen) atoms. The summed E-state index contributed by atoms with van der Waals surface area (Å²) in [5.41, 5.74) is 1.74. The minimum atomic E-state index is 0.589. The fourth-order valence-electron chi connectivity index (χ4n) is 1.26. The van der Waals surface area contributed by atoms with Crippen LogP contribution >= 0.6 is 24.0 Å². The first-order valence-corrected chi connectivity index (χ1v) is 5.66. The van der Waals surface area contributed by atoms with Crippen molar-refractivity contribution in [2.45, 2.75) is 19.6 Å². The Balaban J connectivity index is 2.43. The van der Waals surface area contributed by atoms with Crippen molar-refractivity contribution in [1.29, 1.82) is 0 Å². The predicted octanol–water partition coefficient (Wildman–Crippen LogP) is 2.84. The predicted molar refractivity (Wildman–Crippen MR) is 59.8 cm³/mol. The number of hydrogen-bond donors (Lipinski definition) is 1. The van der Waals surface area contributed by atoms with Crippen molar-refractivity contribution in [3.8, 4) is 11.5 Å². The van der Waals surface area contributed by atoms with Crippen LogP contribution in [0.25, 0.3) is 11.5 Å². The van der Waals surface area contributed by atoms with Crippen LogP contribution in [0.2, 0.25) is 0 Å². The third-order valence-electron chi connectivity index (χ3n) is 1.86. The van der Waals surface area contributed by atoms with Gasteiger partial charge in [-0.1, -0.05) is 5.16 Å². The molecular formula is C9H10N2OS2. The number of hydrogen-bond acceptors (Lipinski definition) is 5. The Morgan fingerprint density at radius 1 is 1.50 bits per heavy atom. The maximum atomic E-state index is 5.18. The van der Waals surface area contributed by atoms with Crippen LogP contribution in [0.3, 0.4) is 0 Å². The molecule has 0 saturated heterocycles. The molecule has 0 bridgehead atoms. The van der Waals surface area contributed by atoms with Crippen LogP contribution in [0, 0.1) is 13.8 Å². The normalized spacial score (nSPS) is 10.8. The summed E-state index contributed by atoms with van der Waals surface area (Å²) >= 11 is 5.79. The van der Waals surface area contributed by atoms with Gasteiger partial charge in [-0.2, -0.15) is 12.6 Å². The molecule has 0 aliphatic carbocycles. The van der Waals surface area contributed by atoms with E-state index in [0.29, 0.717) is 5.75 Å². The number of nitrogens with zero attached hydrogens (tertiary/aromatic N) is 2. The number of thiazole rings is 1. The largest absolute Gasteiger partial charge is 0.354 e. The summed E-state index contributed by atoms with van der Waals surface area (Å²) in [5, 5.41) is 4.92. The summed E-state index contributed by atoms with van der Waals surface area (Å²) in [4.78, 5) is 5.54. The number of thiol groups is 1. The standard InChI is InChI=1S/C9H10N2OS2/c1-5-9(10-6(2)14-5)8-3-7(4-13)11-12-8/h3,13H,4H2,1-2H3. The molecule has 5 heteroatoms. The number of aromatic nitrogens is 2. The zero-order chi connectivity index (χ0) is 10.1. The highest BCUT2D eigenvalue weighted by Crippen LogP contribution is 2.27. The van der Waals surface area contributed by atoms with Crippen molar-refractivity contribution in [2.24, 2.45) is 0 Å². The Bertz CT molecular complexity index is 447. The van der Waals surface area contributed by atoms with E-state index < -0.39 is 0 Å². The maximum Gasteiger partial charge on any atom is 0.186 e. The zero-order valence-corrected chi connectivity index (χ0v) is 9.65. The second kappa shape index (κ2) is 3.74. The highest BCUT2D eigenvalue weighted by atomic mass is 32.1. The van der Waals surface area contributed by atoms with Crippen molar-refractivity contribution in [3.05, 3.63) is 21.6 Å². The van der Waals surface area contributed by atoms with Gasteiger partial charge in [0, 0.05) is 16.7 Å². The van der Waals surface area contributed by atoms with E-state index in [1.165, 1.54) is 0 Å². The number of aryl methyl sites for hydroxylation is 2. The third-order valence-corrected chi connectivity index (χ3v) is 3.07. The van der Waals surface area contributed by atoms with Gasteiger partial charge in [0.1, 0.15) is 5.69 Å². The van der Waals surface area contributed by atoms with Gasteiger partial charge in [-0.15, -0.1) is 11.3 Å². The van der Waals surface area contributed by atoms with Gasteiger partial charge in [-0.3, -0.25) is 0 Å². The molecule has 2 aromatic heterocycles. The smallest absolute Gasteiger partial charge is 0.186 e. The summed E-state index contributed by atoms with van der Waals surface area (Å²) in [6.07, 6.45) is 0. The number of rotatable bonds is 2. The molecule has 0 aliphatic heterocycles. The van der Waals surface area contributed by atoms with E-state index >= 15 is 0 Å². The van der Waals surface area contributed by atoms with E-state index in [1.54, 1.807) is 11.3 Å². The van der Waals surface area contributed by atoms with Gasteiger partial charge in [0.05, 0.1) is 10.7 Å². The zero-order valence-electron chi connectivity index (χ0n) is 7.94. The van der Waals surface area contributed by atoms with Crippen LogP contribution in [0.5, 0.6) is 0 Å². The lowest BCUT2D eigenvalue weighted by molar-refractivity contribution is 0.425. The maximum absolute atomic E-state index is 5.18. The van der Waals surface area contributed by atoms with Crippen molar-refractivity contribution < 1.29 is 4.52 Å². The summed E-state index contributed by atoms with van der Waals surface area (Å²) in [6, 6.07) is 1.88. The van der Waals surface area contributed by atoms with Crippen molar-refractivity contribution in [3.63, 3.8) is 0 Å². The van der Waals surface area contributed by atoms with Crippen LogP contribution in [0.4, 0.5) is 0 Å². The van der Waals surface area contributed by atoms with Crippen LogP contribution in [-0.4, -0.2) is 10.1 Å². The Kier molecular flexibility index (Phi) is 2.60. The van der Waals surface area contributed by atoms with Gasteiger partial charge >= 0.3 is 0 Å². The molecule has 0 aliphatic rings. The second-order valence-corrected chi connectivity index (χ2v) is 4.70. The first-order valence-electron chi connectivity index (χ1n) is 4.21. The van der Waals surface area contributed by atoms with Crippen molar-refractivity contribution in [1.82, 2.24) is 10.1 Å². The van der Waals surface area contributed by atoms with E-state index in [9.17, 15) is 0 Å². The molecule has 0 amide bonds. The lowest BCUT2D eigenvalue weighted by atomic mass is 10.3. The first kappa shape index (κ1) is 9.73. The van der Waals surface area contributed by atoms with Crippen LogP contribution in [0.1, 0.15) is 15.6 Å². The quantitative estimate of drug-likeness (QED) is 0.800. The van der Waals surface area contributed by atoms with Crippen molar-refractivity contribution in [2.75, 3.05) is 0 Å². The summed E-state index contributed by atoms with van der Waals surface area (Å²) < 4.78 is 5.18.